The number of nitrogens with zero attached hydrogens (tertiary/aromatic N) is 3. The highest BCUT2D eigenvalue weighted by Gasteiger charge is 2.34. The first kappa shape index (κ1) is 29.5. The van der Waals surface area contributed by atoms with Crippen LogP contribution in [0.15, 0.2) is 60.7 Å². The van der Waals surface area contributed by atoms with Crippen molar-refractivity contribution in [2.45, 2.75) is 66.1 Å². The van der Waals surface area contributed by atoms with Gasteiger partial charge in [0.05, 0.1) is 23.6 Å². The number of hydrogen-bond acceptors (Lipinski definition) is 5. The average Bonchev–Trinajstić information content (AvgIpc) is 3.41. The second-order valence-electron chi connectivity index (χ2n) is 12.4. The highest BCUT2D eigenvalue weighted by molar-refractivity contribution is 5.83. The Morgan fingerprint density at radius 2 is 1.77 bits per heavy atom. The van der Waals surface area contributed by atoms with Crippen LogP contribution >= 0.6 is 0 Å². The van der Waals surface area contributed by atoms with Crippen LogP contribution in [-0.2, 0) is 16.0 Å². The van der Waals surface area contributed by atoms with Crippen molar-refractivity contribution in [3.05, 3.63) is 94.4 Å². The van der Waals surface area contributed by atoms with Crippen molar-refractivity contribution in [3.63, 3.8) is 0 Å². The molecule has 44 heavy (non-hydrogen) atoms. The van der Waals surface area contributed by atoms with Crippen molar-refractivity contribution in [3.8, 4) is 39.4 Å². The largest absolute Gasteiger partial charge is 0.490 e. The lowest BCUT2D eigenvalue weighted by Crippen LogP contribution is -2.29. The van der Waals surface area contributed by atoms with Crippen molar-refractivity contribution in [1.29, 1.82) is 0 Å². The summed E-state index contributed by atoms with van der Waals surface area (Å²) < 4.78 is 29.1. The molecule has 1 N–H and O–H groups in total. The molecule has 7 nitrogen and oxygen atoms in total. The molecular weight excluding hydrogens is 557 g/mol. The standard InChI is InChI=1S/C36H36FN3O4/c1-20-11-7-8-14-25(20)23-12-9-13-24(17-23)29-19-30-38-22(3)31(34(35(41)42)44-36(4,5)6)32(40(30)39-29)27-18-28(37)33-26(21(27)2)15-10-16-43-33/h7-9,11-14,17-19,34H,10,15-16H2,1-6H3,(H,41,42). The van der Waals surface area contributed by atoms with Gasteiger partial charge < -0.3 is 14.6 Å². The molecule has 0 bridgehead atoms. The van der Waals surface area contributed by atoms with Crippen molar-refractivity contribution < 1.29 is 23.8 Å². The average molecular weight is 594 g/mol. The maximum Gasteiger partial charge on any atom is 0.337 e. The summed E-state index contributed by atoms with van der Waals surface area (Å²) >= 11 is 0. The molecule has 2 aromatic heterocycles. The van der Waals surface area contributed by atoms with E-state index in [0.717, 1.165) is 39.8 Å². The normalized spacial score (nSPS) is 13.9. The lowest BCUT2D eigenvalue weighted by atomic mass is 9.91. The van der Waals surface area contributed by atoms with E-state index in [4.69, 9.17) is 19.6 Å². The Morgan fingerprint density at radius 3 is 2.50 bits per heavy atom. The van der Waals surface area contributed by atoms with Gasteiger partial charge in [0.15, 0.2) is 23.3 Å². The summed E-state index contributed by atoms with van der Waals surface area (Å²) in [7, 11) is 0. The van der Waals surface area contributed by atoms with Crippen LogP contribution in [0.1, 0.15) is 61.2 Å². The third kappa shape index (κ3) is 5.35. The molecule has 0 saturated carbocycles. The first-order chi connectivity index (χ1) is 20.9. The number of aromatic nitrogens is 3. The van der Waals surface area contributed by atoms with Gasteiger partial charge in [0.1, 0.15) is 0 Å². The summed E-state index contributed by atoms with van der Waals surface area (Å²) in [6, 6.07) is 19.6. The van der Waals surface area contributed by atoms with Crippen molar-refractivity contribution in [2.24, 2.45) is 0 Å². The van der Waals surface area contributed by atoms with E-state index in [9.17, 15) is 9.90 Å². The zero-order chi connectivity index (χ0) is 31.3. The molecule has 3 aromatic carbocycles. The number of carboxylic acid groups (broad SMARTS) is 1. The Labute approximate surface area is 256 Å². The lowest BCUT2D eigenvalue weighted by Gasteiger charge is -2.28. The fourth-order valence-corrected chi connectivity index (χ4v) is 6.08. The van der Waals surface area contributed by atoms with Gasteiger partial charge >= 0.3 is 5.97 Å². The lowest BCUT2D eigenvalue weighted by molar-refractivity contribution is -0.160. The third-order valence-corrected chi connectivity index (χ3v) is 8.09. The SMILES string of the molecule is Cc1ccccc1-c1cccc(-c2cc3nc(C)c(C(OC(C)(C)C)C(=O)O)c(-c4cc(F)c5c(c4C)CCCO5)n3n2)c1. The molecule has 0 aliphatic carbocycles. The Balaban J connectivity index is 1.63. The van der Waals surface area contributed by atoms with Crippen LogP contribution < -0.4 is 4.74 Å². The molecule has 1 aliphatic heterocycles. The van der Waals surface area contributed by atoms with Gasteiger partial charge in [0.25, 0.3) is 0 Å². The zero-order valence-electron chi connectivity index (χ0n) is 25.9. The Morgan fingerprint density at radius 1 is 1.02 bits per heavy atom. The third-order valence-electron chi connectivity index (χ3n) is 8.09. The monoisotopic (exact) mass is 593 g/mol. The predicted molar refractivity (Wildman–Crippen MR) is 168 cm³/mol. The number of ether oxygens (including phenoxy) is 2. The van der Waals surface area contributed by atoms with Crippen LogP contribution in [0.3, 0.4) is 0 Å². The summed E-state index contributed by atoms with van der Waals surface area (Å²) in [6.45, 7) is 11.6. The number of carboxylic acids is 1. The zero-order valence-corrected chi connectivity index (χ0v) is 25.9. The number of hydrogen-bond donors (Lipinski definition) is 1. The molecule has 0 saturated heterocycles. The summed E-state index contributed by atoms with van der Waals surface area (Å²) in [6.07, 6.45) is 0.0574. The van der Waals surface area contributed by atoms with E-state index >= 15 is 4.39 Å². The van der Waals surface area contributed by atoms with Gasteiger partial charge in [-0.2, -0.15) is 5.10 Å². The Kier molecular flexibility index (Phi) is 7.49. The molecule has 0 fully saturated rings. The van der Waals surface area contributed by atoms with Crippen molar-refractivity contribution in [1.82, 2.24) is 14.6 Å². The maximum atomic E-state index is 15.7. The minimum atomic E-state index is -1.37. The molecule has 5 aromatic rings. The second-order valence-corrected chi connectivity index (χ2v) is 12.4. The number of aryl methyl sites for hydroxylation is 2. The van der Waals surface area contributed by atoms with E-state index < -0.39 is 23.5 Å². The van der Waals surface area contributed by atoms with Gasteiger partial charge in [0, 0.05) is 34.0 Å². The van der Waals surface area contributed by atoms with Crippen LogP contribution in [0.25, 0.3) is 39.3 Å². The van der Waals surface area contributed by atoms with E-state index in [-0.39, 0.29) is 5.75 Å². The molecule has 3 heterocycles. The molecular formula is C36H36FN3O4. The van der Waals surface area contributed by atoms with Crippen LogP contribution in [0.5, 0.6) is 5.75 Å². The minimum absolute atomic E-state index is 0.260. The van der Waals surface area contributed by atoms with Crippen LogP contribution in [0.4, 0.5) is 4.39 Å². The molecule has 0 amide bonds. The number of fused-ring (bicyclic) bond motifs is 2. The molecule has 6 rings (SSSR count). The number of aliphatic carboxylic acids is 1. The van der Waals surface area contributed by atoms with E-state index in [2.05, 4.69) is 31.2 Å². The van der Waals surface area contributed by atoms with Gasteiger partial charge in [-0.25, -0.2) is 18.7 Å². The van der Waals surface area contributed by atoms with Crippen LogP contribution in [0.2, 0.25) is 0 Å². The fourth-order valence-electron chi connectivity index (χ4n) is 6.08. The second kappa shape index (κ2) is 11.2. The fraction of sp³-hybridized carbons (Fsp3) is 0.306. The Bertz CT molecular complexity index is 1920. The molecule has 0 spiro atoms. The van der Waals surface area contributed by atoms with Crippen molar-refractivity contribution in [2.75, 3.05) is 6.61 Å². The van der Waals surface area contributed by atoms with Gasteiger partial charge in [-0.05, 0) is 88.8 Å². The van der Waals surface area contributed by atoms with E-state index in [1.807, 2.05) is 37.3 Å². The van der Waals surface area contributed by atoms with E-state index in [1.54, 1.807) is 32.2 Å². The highest BCUT2D eigenvalue weighted by atomic mass is 19.1. The van der Waals surface area contributed by atoms with Gasteiger partial charge in [0.2, 0.25) is 0 Å². The molecule has 1 aliphatic rings. The topological polar surface area (TPSA) is 86.0 Å². The first-order valence-electron chi connectivity index (χ1n) is 14.9. The van der Waals surface area contributed by atoms with Crippen molar-refractivity contribution >= 4 is 11.6 Å². The van der Waals surface area contributed by atoms with Crippen LogP contribution in [-0.4, -0.2) is 37.9 Å². The molecule has 1 atom stereocenters. The highest BCUT2D eigenvalue weighted by Crippen LogP contribution is 2.42. The quantitative estimate of drug-likeness (QED) is 0.214. The van der Waals surface area contributed by atoms with Gasteiger partial charge in [-0.15, -0.1) is 0 Å². The summed E-state index contributed by atoms with van der Waals surface area (Å²) in [5, 5.41) is 15.4. The summed E-state index contributed by atoms with van der Waals surface area (Å²) in [4.78, 5) is 17.6. The Hall–Kier alpha value is -4.56. The number of benzene rings is 3. The predicted octanol–water partition coefficient (Wildman–Crippen LogP) is 8.06. The molecule has 8 heteroatoms. The minimum Gasteiger partial charge on any atom is -0.490 e. The number of halogens is 1. The van der Waals surface area contributed by atoms with Gasteiger partial charge in [-0.1, -0.05) is 42.5 Å². The van der Waals surface area contributed by atoms with E-state index in [0.29, 0.717) is 46.9 Å². The van der Waals surface area contributed by atoms with Crippen LogP contribution in [0, 0.1) is 26.6 Å². The first-order valence-corrected chi connectivity index (χ1v) is 14.9. The molecule has 0 radical (unpaired) electrons. The van der Waals surface area contributed by atoms with E-state index in [1.165, 1.54) is 6.07 Å². The molecule has 1 unspecified atom stereocenters. The number of rotatable bonds is 6. The maximum absolute atomic E-state index is 15.7. The smallest absolute Gasteiger partial charge is 0.337 e. The molecule has 226 valence electrons. The summed E-state index contributed by atoms with van der Waals surface area (Å²) in [5.74, 6) is -1.39. The number of carbonyl (C=O) groups is 1. The summed E-state index contributed by atoms with van der Waals surface area (Å²) in [5.41, 5.74) is 7.99. The van der Waals surface area contributed by atoms with Gasteiger partial charge in [-0.3, -0.25) is 0 Å².